The molecule has 1 atom stereocenters. The van der Waals surface area contributed by atoms with Crippen LogP contribution in [0.5, 0.6) is 0 Å². The van der Waals surface area contributed by atoms with Gasteiger partial charge in [0.15, 0.2) is 0 Å². The highest BCUT2D eigenvalue weighted by molar-refractivity contribution is 5.86. The Morgan fingerprint density at radius 2 is 1.82 bits per heavy atom. The molecule has 1 saturated heterocycles. The maximum Gasteiger partial charge on any atom is 0.408 e. The van der Waals surface area contributed by atoms with Gasteiger partial charge in [0.1, 0.15) is 11.6 Å². The standard InChI is InChI=1S/C15H28N2O5/c1-11(2)21-10-12(16-14(19)22-15(3,4)5)13(18)17-6-8-20-9-7-17/h11-12H,6-10H2,1-5H3,(H,16,19)/t12-/m0/s1. The summed E-state index contributed by atoms with van der Waals surface area (Å²) in [4.78, 5) is 26.1. The Hall–Kier alpha value is -1.34. The number of carbonyl (C=O) groups is 2. The lowest BCUT2D eigenvalue weighted by atomic mass is 10.2. The van der Waals surface area contributed by atoms with Crippen LogP contribution >= 0.6 is 0 Å². The lowest BCUT2D eigenvalue weighted by molar-refractivity contribution is -0.139. The second-order valence-electron chi connectivity index (χ2n) is 6.52. The molecule has 0 bridgehead atoms. The molecular weight excluding hydrogens is 288 g/mol. The zero-order chi connectivity index (χ0) is 16.8. The molecule has 7 heteroatoms. The summed E-state index contributed by atoms with van der Waals surface area (Å²) in [6.07, 6.45) is -0.646. The van der Waals surface area contributed by atoms with Crippen molar-refractivity contribution in [3.8, 4) is 0 Å². The van der Waals surface area contributed by atoms with E-state index in [4.69, 9.17) is 14.2 Å². The van der Waals surface area contributed by atoms with E-state index in [0.29, 0.717) is 26.3 Å². The first-order chi connectivity index (χ1) is 10.2. The molecule has 0 unspecified atom stereocenters. The molecule has 1 fully saturated rings. The fourth-order valence-corrected chi connectivity index (χ4v) is 1.92. The van der Waals surface area contributed by atoms with Crippen molar-refractivity contribution in [2.24, 2.45) is 0 Å². The molecule has 0 aromatic heterocycles. The van der Waals surface area contributed by atoms with Gasteiger partial charge in [-0.1, -0.05) is 0 Å². The lowest BCUT2D eigenvalue weighted by Gasteiger charge is -2.31. The number of ether oxygens (including phenoxy) is 3. The first-order valence-electron chi connectivity index (χ1n) is 7.66. The first-order valence-corrected chi connectivity index (χ1v) is 7.66. The average molecular weight is 316 g/mol. The predicted octanol–water partition coefficient (Wildman–Crippen LogP) is 1.16. The fraction of sp³-hybridized carbons (Fsp3) is 0.867. The highest BCUT2D eigenvalue weighted by Crippen LogP contribution is 2.08. The smallest absolute Gasteiger partial charge is 0.408 e. The monoisotopic (exact) mass is 316 g/mol. The topological polar surface area (TPSA) is 77.1 Å². The van der Waals surface area contributed by atoms with Gasteiger partial charge in [0.05, 0.1) is 25.9 Å². The van der Waals surface area contributed by atoms with Crippen molar-refractivity contribution in [3.63, 3.8) is 0 Å². The highest BCUT2D eigenvalue weighted by atomic mass is 16.6. The van der Waals surface area contributed by atoms with Gasteiger partial charge in [-0.25, -0.2) is 4.79 Å². The first kappa shape index (κ1) is 18.7. The van der Waals surface area contributed by atoms with Crippen molar-refractivity contribution in [2.45, 2.75) is 52.4 Å². The van der Waals surface area contributed by atoms with E-state index in [1.807, 2.05) is 13.8 Å². The van der Waals surface area contributed by atoms with Crippen molar-refractivity contribution in [1.29, 1.82) is 0 Å². The highest BCUT2D eigenvalue weighted by Gasteiger charge is 2.29. The van der Waals surface area contributed by atoms with Crippen LogP contribution in [0.1, 0.15) is 34.6 Å². The van der Waals surface area contributed by atoms with E-state index in [1.54, 1.807) is 25.7 Å². The Morgan fingerprint density at radius 1 is 1.23 bits per heavy atom. The number of morpholine rings is 1. The Morgan fingerprint density at radius 3 is 2.32 bits per heavy atom. The van der Waals surface area contributed by atoms with Gasteiger partial charge >= 0.3 is 6.09 Å². The third-order valence-corrected chi connectivity index (χ3v) is 2.91. The second-order valence-corrected chi connectivity index (χ2v) is 6.52. The van der Waals surface area contributed by atoms with E-state index in [0.717, 1.165) is 0 Å². The molecule has 0 radical (unpaired) electrons. The van der Waals surface area contributed by atoms with Crippen LogP contribution < -0.4 is 5.32 Å². The molecular formula is C15H28N2O5. The maximum atomic E-state index is 12.5. The third kappa shape index (κ3) is 7.09. The minimum Gasteiger partial charge on any atom is -0.444 e. The molecule has 0 spiro atoms. The average Bonchev–Trinajstić information content (AvgIpc) is 2.41. The van der Waals surface area contributed by atoms with E-state index >= 15 is 0 Å². The Bertz CT molecular complexity index is 373. The summed E-state index contributed by atoms with van der Waals surface area (Å²) >= 11 is 0. The Balaban J connectivity index is 2.65. The minimum absolute atomic E-state index is 0.0274. The number of hydrogen-bond donors (Lipinski definition) is 1. The van der Waals surface area contributed by atoms with Crippen LogP contribution in [0.4, 0.5) is 4.79 Å². The molecule has 7 nitrogen and oxygen atoms in total. The zero-order valence-electron chi connectivity index (χ0n) is 14.2. The molecule has 1 rings (SSSR count). The molecule has 1 heterocycles. The van der Waals surface area contributed by atoms with Crippen LogP contribution in [0.2, 0.25) is 0 Å². The van der Waals surface area contributed by atoms with Crippen molar-refractivity contribution < 1.29 is 23.8 Å². The quantitative estimate of drug-likeness (QED) is 0.824. The van der Waals surface area contributed by atoms with Crippen LogP contribution in [-0.2, 0) is 19.0 Å². The number of rotatable bonds is 5. The van der Waals surface area contributed by atoms with Gasteiger partial charge in [0, 0.05) is 13.1 Å². The van der Waals surface area contributed by atoms with Crippen LogP contribution in [0.15, 0.2) is 0 Å². The molecule has 1 N–H and O–H groups in total. The number of amides is 2. The molecule has 0 aliphatic carbocycles. The van der Waals surface area contributed by atoms with E-state index in [-0.39, 0.29) is 18.6 Å². The SMILES string of the molecule is CC(C)OC[C@H](NC(=O)OC(C)(C)C)C(=O)N1CCOCC1. The molecule has 128 valence electrons. The lowest BCUT2D eigenvalue weighted by Crippen LogP contribution is -2.54. The van der Waals surface area contributed by atoms with E-state index < -0.39 is 17.7 Å². The summed E-state index contributed by atoms with van der Waals surface area (Å²) < 4.78 is 15.9. The molecule has 2 amide bonds. The molecule has 0 aromatic carbocycles. The Kier molecular flexibility index (Phi) is 7.09. The van der Waals surface area contributed by atoms with Gasteiger partial charge in [-0.15, -0.1) is 0 Å². The maximum absolute atomic E-state index is 12.5. The normalized spacial score (nSPS) is 17.3. The van der Waals surface area contributed by atoms with E-state index in [2.05, 4.69) is 5.32 Å². The largest absolute Gasteiger partial charge is 0.444 e. The summed E-state index contributed by atoms with van der Waals surface area (Å²) in [5.74, 6) is -0.171. The number of alkyl carbamates (subject to hydrolysis) is 1. The summed E-state index contributed by atoms with van der Waals surface area (Å²) in [6.45, 7) is 11.3. The van der Waals surface area contributed by atoms with Crippen molar-refractivity contribution in [2.75, 3.05) is 32.9 Å². The second kappa shape index (κ2) is 8.33. The van der Waals surface area contributed by atoms with Gasteiger partial charge in [0.2, 0.25) is 5.91 Å². The van der Waals surface area contributed by atoms with E-state index in [1.165, 1.54) is 0 Å². The molecule has 0 saturated carbocycles. The molecule has 1 aliphatic heterocycles. The van der Waals surface area contributed by atoms with Crippen LogP contribution in [-0.4, -0.2) is 67.6 Å². The van der Waals surface area contributed by atoms with Crippen LogP contribution in [0.25, 0.3) is 0 Å². The fourth-order valence-electron chi connectivity index (χ4n) is 1.92. The van der Waals surface area contributed by atoms with Crippen molar-refractivity contribution in [1.82, 2.24) is 10.2 Å². The minimum atomic E-state index is -0.754. The van der Waals surface area contributed by atoms with Crippen LogP contribution in [0, 0.1) is 0 Å². The predicted molar refractivity (Wildman–Crippen MR) is 81.6 cm³/mol. The van der Waals surface area contributed by atoms with Gasteiger partial charge < -0.3 is 24.4 Å². The van der Waals surface area contributed by atoms with E-state index in [9.17, 15) is 9.59 Å². The third-order valence-electron chi connectivity index (χ3n) is 2.91. The number of nitrogens with zero attached hydrogens (tertiary/aromatic N) is 1. The zero-order valence-corrected chi connectivity index (χ0v) is 14.2. The van der Waals surface area contributed by atoms with Crippen molar-refractivity contribution in [3.05, 3.63) is 0 Å². The number of carbonyl (C=O) groups excluding carboxylic acids is 2. The summed E-state index contributed by atoms with van der Waals surface area (Å²) in [5.41, 5.74) is -0.616. The number of nitrogens with one attached hydrogen (secondary N) is 1. The molecule has 1 aliphatic rings. The van der Waals surface area contributed by atoms with Gasteiger partial charge in [-0.2, -0.15) is 0 Å². The molecule has 0 aromatic rings. The van der Waals surface area contributed by atoms with Gasteiger partial charge in [-0.05, 0) is 34.6 Å². The van der Waals surface area contributed by atoms with Gasteiger partial charge in [-0.3, -0.25) is 4.79 Å². The van der Waals surface area contributed by atoms with Crippen LogP contribution in [0.3, 0.4) is 0 Å². The number of hydrogen-bond acceptors (Lipinski definition) is 5. The Labute approximate surface area is 132 Å². The summed E-state index contributed by atoms with van der Waals surface area (Å²) in [7, 11) is 0. The molecule has 22 heavy (non-hydrogen) atoms. The summed E-state index contributed by atoms with van der Waals surface area (Å²) in [5, 5.41) is 2.61. The van der Waals surface area contributed by atoms with Gasteiger partial charge in [0.25, 0.3) is 0 Å². The van der Waals surface area contributed by atoms with Crippen molar-refractivity contribution >= 4 is 12.0 Å². The summed E-state index contributed by atoms with van der Waals surface area (Å²) in [6, 6.07) is -0.754.